The summed E-state index contributed by atoms with van der Waals surface area (Å²) in [4.78, 5) is 40.0. The predicted molar refractivity (Wildman–Crippen MR) is 92.2 cm³/mol. The molecule has 9 heteroatoms. The molecule has 1 aromatic carbocycles. The lowest BCUT2D eigenvalue weighted by molar-refractivity contribution is -0.133. The molecule has 1 saturated heterocycles. The molecule has 0 aliphatic carbocycles. The first-order chi connectivity index (χ1) is 12.7. The number of amides is 1. The van der Waals surface area contributed by atoms with Gasteiger partial charge in [0.15, 0.2) is 5.78 Å². The fraction of sp³-hybridized carbons (Fsp3) is 0.333. The molecule has 2 unspecified atom stereocenters. The number of H-pyrrole nitrogens is 1. The minimum absolute atomic E-state index is 0.178. The van der Waals surface area contributed by atoms with Gasteiger partial charge in [-0.1, -0.05) is 18.2 Å². The van der Waals surface area contributed by atoms with Gasteiger partial charge in [-0.25, -0.2) is 8.78 Å². The van der Waals surface area contributed by atoms with Crippen molar-refractivity contribution in [2.75, 3.05) is 6.54 Å². The molecule has 140 valence electrons. The summed E-state index contributed by atoms with van der Waals surface area (Å²) in [5.41, 5.74) is 5.59. The summed E-state index contributed by atoms with van der Waals surface area (Å²) in [6.45, 7) is -0.895. The third-order valence-corrected chi connectivity index (χ3v) is 4.53. The van der Waals surface area contributed by atoms with Crippen molar-refractivity contribution in [3.63, 3.8) is 0 Å². The van der Waals surface area contributed by atoms with Crippen molar-refractivity contribution in [1.29, 1.82) is 5.26 Å². The van der Waals surface area contributed by atoms with E-state index in [1.165, 1.54) is 6.20 Å². The van der Waals surface area contributed by atoms with Crippen LogP contribution in [0.2, 0.25) is 0 Å². The molecule has 0 bridgehead atoms. The highest BCUT2D eigenvalue weighted by Crippen LogP contribution is 2.32. The SMILES string of the molecule is N#CC1CC(F)(F)CN1C(=O)C(N)CC(=O)c1c[nH]c(=O)c2ccccc12. The number of ketones is 1. The summed E-state index contributed by atoms with van der Waals surface area (Å²) in [7, 11) is 0. The fourth-order valence-corrected chi connectivity index (χ4v) is 3.21. The zero-order valence-electron chi connectivity index (χ0n) is 14.1. The second-order valence-corrected chi connectivity index (χ2v) is 6.48. The number of aromatic amines is 1. The van der Waals surface area contributed by atoms with Gasteiger partial charge < -0.3 is 15.6 Å². The molecular weight excluding hydrogens is 358 g/mol. The number of hydrogen-bond donors (Lipinski definition) is 2. The summed E-state index contributed by atoms with van der Waals surface area (Å²) in [6, 6.07) is 5.48. The number of pyridine rings is 1. The Hall–Kier alpha value is -3.12. The number of nitrogens with two attached hydrogens (primary N) is 1. The van der Waals surface area contributed by atoms with Gasteiger partial charge in [0.05, 0.1) is 18.7 Å². The Morgan fingerprint density at radius 3 is 2.70 bits per heavy atom. The van der Waals surface area contributed by atoms with E-state index in [-0.39, 0.29) is 11.1 Å². The number of rotatable bonds is 4. The molecule has 1 aliphatic heterocycles. The summed E-state index contributed by atoms with van der Waals surface area (Å²) < 4.78 is 27.0. The van der Waals surface area contributed by atoms with Gasteiger partial charge in [0.25, 0.3) is 11.5 Å². The minimum atomic E-state index is -3.16. The molecule has 7 nitrogen and oxygen atoms in total. The van der Waals surface area contributed by atoms with Gasteiger partial charge in [-0.15, -0.1) is 0 Å². The van der Waals surface area contributed by atoms with Crippen LogP contribution < -0.4 is 11.3 Å². The maximum Gasteiger partial charge on any atom is 0.268 e. The van der Waals surface area contributed by atoms with Crippen molar-refractivity contribution in [2.24, 2.45) is 5.73 Å². The van der Waals surface area contributed by atoms with E-state index in [1.54, 1.807) is 30.3 Å². The Bertz CT molecular complexity index is 1010. The van der Waals surface area contributed by atoms with Crippen LogP contribution in [0.1, 0.15) is 23.2 Å². The van der Waals surface area contributed by atoms with Crippen molar-refractivity contribution < 1.29 is 18.4 Å². The maximum atomic E-state index is 13.5. The molecule has 0 saturated carbocycles. The highest BCUT2D eigenvalue weighted by Gasteiger charge is 2.48. The molecule has 0 radical (unpaired) electrons. The number of alkyl halides is 2. The summed E-state index contributed by atoms with van der Waals surface area (Å²) in [6.07, 6.45) is 0.0574. The van der Waals surface area contributed by atoms with E-state index in [1.807, 2.05) is 0 Å². The number of benzene rings is 1. The van der Waals surface area contributed by atoms with Gasteiger partial charge in [0.2, 0.25) is 5.91 Å². The van der Waals surface area contributed by atoms with Gasteiger partial charge in [-0.2, -0.15) is 5.26 Å². The predicted octanol–water partition coefficient (Wildman–Crippen LogP) is 1.19. The van der Waals surface area contributed by atoms with Crippen LogP contribution in [0, 0.1) is 11.3 Å². The first-order valence-corrected chi connectivity index (χ1v) is 8.20. The topological polar surface area (TPSA) is 120 Å². The zero-order valence-corrected chi connectivity index (χ0v) is 14.1. The first-order valence-electron chi connectivity index (χ1n) is 8.20. The Balaban J connectivity index is 1.81. The highest BCUT2D eigenvalue weighted by molar-refractivity contribution is 6.09. The number of fused-ring (bicyclic) bond motifs is 1. The van der Waals surface area contributed by atoms with Crippen molar-refractivity contribution in [2.45, 2.75) is 30.8 Å². The van der Waals surface area contributed by atoms with Crippen LogP contribution in [0.15, 0.2) is 35.3 Å². The molecule has 2 heterocycles. The van der Waals surface area contributed by atoms with E-state index in [2.05, 4.69) is 4.98 Å². The number of carbonyl (C=O) groups excluding carboxylic acids is 2. The van der Waals surface area contributed by atoms with Gasteiger partial charge >= 0.3 is 0 Å². The number of nitrogens with zero attached hydrogens (tertiary/aromatic N) is 2. The molecule has 3 N–H and O–H groups in total. The molecule has 0 spiro atoms. The molecular formula is C18H16F2N4O3. The first kappa shape index (κ1) is 18.7. The summed E-state index contributed by atoms with van der Waals surface area (Å²) >= 11 is 0. The molecule has 2 aromatic rings. The minimum Gasteiger partial charge on any atom is -0.328 e. The molecule has 27 heavy (non-hydrogen) atoms. The van der Waals surface area contributed by atoms with Crippen molar-refractivity contribution in [3.05, 3.63) is 46.4 Å². The normalized spacial score (nSPS) is 19.6. The maximum absolute atomic E-state index is 13.5. The lowest BCUT2D eigenvalue weighted by Crippen LogP contribution is -2.47. The molecule has 3 rings (SSSR count). The van der Waals surface area contributed by atoms with E-state index in [4.69, 9.17) is 11.0 Å². The molecule has 1 fully saturated rings. The smallest absolute Gasteiger partial charge is 0.268 e. The van der Waals surface area contributed by atoms with E-state index >= 15 is 0 Å². The highest BCUT2D eigenvalue weighted by atomic mass is 19.3. The Kier molecular flexibility index (Phi) is 4.76. The molecule has 2 atom stereocenters. The van der Waals surface area contributed by atoms with Crippen LogP contribution >= 0.6 is 0 Å². The van der Waals surface area contributed by atoms with Crippen LogP contribution in [0.25, 0.3) is 10.8 Å². The fourth-order valence-electron chi connectivity index (χ4n) is 3.21. The zero-order chi connectivity index (χ0) is 19.8. The van der Waals surface area contributed by atoms with Crippen LogP contribution in [0.4, 0.5) is 8.78 Å². The standard InChI is InChI=1S/C18H16F2N4O3/c19-18(20)6-10(7-21)24(9-18)17(27)14(22)5-15(25)13-8-23-16(26)12-4-2-1-3-11(12)13/h1-4,8,10,14H,5-6,9,22H2,(H,23,26). The Morgan fingerprint density at radius 1 is 1.37 bits per heavy atom. The quantitative estimate of drug-likeness (QED) is 0.779. The van der Waals surface area contributed by atoms with Gasteiger partial charge in [-0.3, -0.25) is 14.4 Å². The van der Waals surface area contributed by atoms with Crippen molar-refractivity contribution >= 4 is 22.5 Å². The number of likely N-dealkylation sites (tertiary alicyclic amines) is 1. The van der Waals surface area contributed by atoms with Gasteiger partial charge in [0.1, 0.15) is 6.04 Å². The number of nitriles is 1. The van der Waals surface area contributed by atoms with Gasteiger partial charge in [0, 0.05) is 30.0 Å². The average Bonchev–Trinajstić information content (AvgIpc) is 2.96. The van der Waals surface area contributed by atoms with Crippen LogP contribution in [0.3, 0.4) is 0 Å². The number of halogens is 2. The van der Waals surface area contributed by atoms with Crippen molar-refractivity contribution in [3.8, 4) is 6.07 Å². The molecule has 1 amide bonds. The number of hydrogen-bond acceptors (Lipinski definition) is 5. The Labute approximate surface area is 152 Å². The average molecular weight is 374 g/mol. The van der Waals surface area contributed by atoms with E-state index < -0.39 is 49.1 Å². The van der Waals surface area contributed by atoms with Crippen LogP contribution in [-0.2, 0) is 4.79 Å². The second kappa shape index (κ2) is 6.89. The van der Waals surface area contributed by atoms with Crippen LogP contribution in [-0.4, -0.2) is 46.1 Å². The largest absolute Gasteiger partial charge is 0.328 e. The monoisotopic (exact) mass is 374 g/mol. The van der Waals surface area contributed by atoms with E-state index in [9.17, 15) is 23.2 Å². The van der Waals surface area contributed by atoms with E-state index in [0.29, 0.717) is 10.8 Å². The van der Waals surface area contributed by atoms with Crippen LogP contribution in [0.5, 0.6) is 0 Å². The van der Waals surface area contributed by atoms with E-state index in [0.717, 1.165) is 4.90 Å². The summed E-state index contributed by atoms with van der Waals surface area (Å²) in [5, 5.41) is 9.71. The third-order valence-electron chi connectivity index (χ3n) is 4.53. The second-order valence-electron chi connectivity index (χ2n) is 6.48. The lowest BCUT2D eigenvalue weighted by atomic mass is 9.99. The lowest BCUT2D eigenvalue weighted by Gasteiger charge is -2.22. The summed E-state index contributed by atoms with van der Waals surface area (Å²) in [5.74, 6) is -4.54. The van der Waals surface area contributed by atoms with Crippen molar-refractivity contribution in [1.82, 2.24) is 9.88 Å². The number of nitrogens with one attached hydrogen (secondary N) is 1. The third kappa shape index (κ3) is 3.57. The number of Topliss-reactive ketones (excluding diaryl/α,β-unsaturated/α-hetero) is 1. The Morgan fingerprint density at radius 2 is 2.04 bits per heavy atom. The number of carbonyl (C=O) groups is 2. The molecule has 1 aliphatic rings. The number of aromatic nitrogens is 1. The van der Waals surface area contributed by atoms with Gasteiger partial charge in [-0.05, 0) is 11.5 Å². The molecule has 1 aromatic heterocycles.